The Balaban J connectivity index is 1.65. The molecule has 146 valence electrons. The molecule has 0 radical (unpaired) electrons. The predicted molar refractivity (Wildman–Crippen MR) is 111 cm³/mol. The Morgan fingerprint density at radius 2 is 1.38 bits per heavy atom. The van der Waals surface area contributed by atoms with Crippen molar-refractivity contribution in [1.82, 2.24) is 0 Å². The average Bonchev–Trinajstić information content (AvgIpc) is 2.78. The van der Waals surface area contributed by atoms with Crippen molar-refractivity contribution in [1.29, 1.82) is 0 Å². The third kappa shape index (κ3) is 5.32. The topological polar surface area (TPSA) is 61.8 Å². The Hall–Kier alpha value is -3.86. The van der Waals surface area contributed by atoms with Gasteiger partial charge < -0.3 is 14.2 Å². The number of esters is 1. The fourth-order valence-corrected chi connectivity index (χ4v) is 2.62. The highest BCUT2D eigenvalue weighted by atomic mass is 16.5. The molecule has 0 fully saturated rings. The van der Waals surface area contributed by atoms with E-state index >= 15 is 0 Å². The Bertz CT molecular complexity index is 1040. The molecule has 0 amide bonds. The molecule has 0 saturated heterocycles. The minimum atomic E-state index is -0.499. The van der Waals surface area contributed by atoms with Crippen molar-refractivity contribution in [2.75, 3.05) is 14.2 Å². The van der Waals surface area contributed by atoms with E-state index in [-0.39, 0.29) is 5.78 Å². The Morgan fingerprint density at radius 1 is 0.724 bits per heavy atom. The molecule has 0 aromatic heterocycles. The molecule has 0 aliphatic carbocycles. The standard InChI is InChI=1S/C24H20O5/c1-27-21-7-3-5-17(15-21)9-14-23(25)18-10-12-20(13-11-18)29-24(26)19-6-4-8-22(16-19)28-2/h3-16H,1-2H3. The highest BCUT2D eigenvalue weighted by Crippen LogP contribution is 2.18. The van der Waals surface area contributed by atoms with Gasteiger partial charge in [-0.15, -0.1) is 0 Å². The summed E-state index contributed by atoms with van der Waals surface area (Å²) in [6.07, 6.45) is 3.22. The number of carbonyl (C=O) groups is 2. The number of benzene rings is 3. The summed E-state index contributed by atoms with van der Waals surface area (Å²) in [7, 11) is 3.12. The van der Waals surface area contributed by atoms with Gasteiger partial charge in [0.05, 0.1) is 19.8 Å². The van der Waals surface area contributed by atoms with Gasteiger partial charge in [-0.3, -0.25) is 4.79 Å². The second-order valence-corrected chi connectivity index (χ2v) is 6.12. The zero-order chi connectivity index (χ0) is 20.6. The summed E-state index contributed by atoms with van der Waals surface area (Å²) in [6, 6.07) is 20.5. The summed E-state index contributed by atoms with van der Waals surface area (Å²) in [6.45, 7) is 0. The lowest BCUT2D eigenvalue weighted by Gasteiger charge is -2.06. The van der Waals surface area contributed by atoms with Crippen molar-refractivity contribution >= 4 is 17.8 Å². The van der Waals surface area contributed by atoms with Crippen molar-refractivity contribution < 1.29 is 23.8 Å². The quantitative estimate of drug-likeness (QED) is 0.251. The second kappa shape index (κ2) is 9.37. The average molecular weight is 388 g/mol. The molecule has 3 aromatic carbocycles. The first-order valence-electron chi connectivity index (χ1n) is 8.92. The molecule has 0 spiro atoms. The summed E-state index contributed by atoms with van der Waals surface area (Å²) in [5, 5.41) is 0. The summed E-state index contributed by atoms with van der Waals surface area (Å²) in [5.74, 6) is 0.996. The van der Waals surface area contributed by atoms with Crippen LogP contribution in [-0.4, -0.2) is 26.0 Å². The summed E-state index contributed by atoms with van der Waals surface area (Å²) < 4.78 is 15.6. The van der Waals surface area contributed by atoms with Crippen molar-refractivity contribution in [2.24, 2.45) is 0 Å². The number of rotatable bonds is 7. The van der Waals surface area contributed by atoms with Crippen molar-refractivity contribution in [3.05, 3.63) is 95.6 Å². The molecule has 0 unspecified atom stereocenters. The van der Waals surface area contributed by atoms with E-state index in [0.29, 0.717) is 22.6 Å². The molecular formula is C24H20O5. The van der Waals surface area contributed by atoms with Crippen LogP contribution in [0.2, 0.25) is 0 Å². The van der Waals surface area contributed by atoms with Crippen molar-refractivity contribution in [2.45, 2.75) is 0 Å². The van der Waals surface area contributed by atoms with E-state index in [9.17, 15) is 9.59 Å². The van der Waals surface area contributed by atoms with Gasteiger partial charge in [-0.25, -0.2) is 4.79 Å². The number of allylic oxidation sites excluding steroid dienone is 1. The molecule has 29 heavy (non-hydrogen) atoms. The molecule has 0 N–H and O–H groups in total. The largest absolute Gasteiger partial charge is 0.497 e. The number of carbonyl (C=O) groups excluding carboxylic acids is 2. The second-order valence-electron chi connectivity index (χ2n) is 6.12. The first-order valence-corrected chi connectivity index (χ1v) is 8.92. The summed E-state index contributed by atoms with van der Waals surface area (Å²) in [5.41, 5.74) is 1.73. The number of ketones is 1. The van der Waals surface area contributed by atoms with Crippen LogP contribution in [0.3, 0.4) is 0 Å². The maximum Gasteiger partial charge on any atom is 0.343 e. The summed E-state index contributed by atoms with van der Waals surface area (Å²) in [4.78, 5) is 24.6. The fourth-order valence-electron chi connectivity index (χ4n) is 2.62. The van der Waals surface area contributed by atoms with Crippen molar-refractivity contribution in [3.8, 4) is 17.2 Å². The first-order chi connectivity index (χ1) is 14.1. The zero-order valence-electron chi connectivity index (χ0n) is 16.1. The third-order valence-electron chi connectivity index (χ3n) is 4.18. The minimum Gasteiger partial charge on any atom is -0.497 e. The Labute approximate surface area is 169 Å². The van der Waals surface area contributed by atoms with Crippen LogP contribution in [0.1, 0.15) is 26.3 Å². The molecule has 0 aliphatic rings. The molecule has 0 aliphatic heterocycles. The van der Waals surface area contributed by atoms with Crippen molar-refractivity contribution in [3.63, 3.8) is 0 Å². The maximum absolute atomic E-state index is 12.4. The van der Waals surface area contributed by atoms with Gasteiger partial charge in [0.25, 0.3) is 0 Å². The van der Waals surface area contributed by atoms with Crippen LogP contribution in [0.15, 0.2) is 78.9 Å². The SMILES string of the molecule is COc1cccc(C=CC(=O)c2ccc(OC(=O)c3cccc(OC)c3)cc2)c1. The van der Waals surface area contributed by atoms with Gasteiger partial charge in [0, 0.05) is 5.56 Å². The van der Waals surface area contributed by atoms with E-state index < -0.39 is 5.97 Å². The zero-order valence-corrected chi connectivity index (χ0v) is 16.1. The predicted octanol–water partition coefficient (Wildman–Crippen LogP) is 4.82. The van der Waals surface area contributed by atoms with Gasteiger partial charge in [-0.05, 0) is 66.2 Å². The van der Waals surface area contributed by atoms with E-state index in [1.54, 1.807) is 61.7 Å². The van der Waals surface area contributed by atoms with E-state index in [4.69, 9.17) is 14.2 Å². The van der Waals surface area contributed by atoms with Gasteiger partial charge in [0.15, 0.2) is 5.78 Å². The maximum atomic E-state index is 12.4. The monoisotopic (exact) mass is 388 g/mol. The fraction of sp³-hybridized carbons (Fsp3) is 0.0833. The first kappa shape index (κ1) is 19.9. The normalized spacial score (nSPS) is 10.6. The van der Waals surface area contributed by atoms with E-state index in [1.807, 2.05) is 24.3 Å². The van der Waals surface area contributed by atoms with Crippen LogP contribution in [0, 0.1) is 0 Å². The lowest BCUT2D eigenvalue weighted by atomic mass is 10.1. The minimum absolute atomic E-state index is 0.154. The van der Waals surface area contributed by atoms with Crippen LogP contribution in [0.25, 0.3) is 6.08 Å². The van der Waals surface area contributed by atoms with Gasteiger partial charge in [-0.2, -0.15) is 0 Å². The van der Waals surface area contributed by atoms with Crippen LogP contribution >= 0.6 is 0 Å². The number of ether oxygens (including phenoxy) is 3. The third-order valence-corrected chi connectivity index (χ3v) is 4.18. The summed E-state index contributed by atoms with van der Waals surface area (Å²) >= 11 is 0. The molecular weight excluding hydrogens is 368 g/mol. The van der Waals surface area contributed by atoms with E-state index in [2.05, 4.69) is 0 Å². The Kier molecular flexibility index (Phi) is 6.43. The van der Waals surface area contributed by atoms with Crippen LogP contribution in [0.5, 0.6) is 17.2 Å². The molecule has 0 atom stereocenters. The molecule has 5 heteroatoms. The van der Waals surface area contributed by atoms with E-state index in [0.717, 1.165) is 11.3 Å². The van der Waals surface area contributed by atoms with Gasteiger partial charge in [0.1, 0.15) is 17.2 Å². The van der Waals surface area contributed by atoms with Gasteiger partial charge >= 0.3 is 5.97 Å². The molecule has 5 nitrogen and oxygen atoms in total. The van der Waals surface area contributed by atoms with Crippen LogP contribution in [-0.2, 0) is 0 Å². The van der Waals surface area contributed by atoms with Gasteiger partial charge in [-0.1, -0.05) is 24.3 Å². The highest BCUT2D eigenvalue weighted by Gasteiger charge is 2.10. The van der Waals surface area contributed by atoms with Crippen LogP contribution in [0.4, 0.5) is 0 Å². The molecule has 3 aromatic rings. The Morgan fingerprint density at radius 3 is 2.07 bits per heavy atom. The van der Waals surface area contributed by atoms with Crippen LogP contribution < -0.4 is 14.2 Å². The van der Waals surface area contributed by atoms with Gasteiger partial charge in [0.2, 0.25) is 0 Å². The molecule has 3 rings (SSSR count). The molecule has 0 bridgehead atoms. The lowest BCUT2D eigenvalue weighted by Crippen LogP contribution is -2.08. The lowest BCUT2D eigenvalue weighted by molar-refractivity contribution is 0.0734. The number of hydrogen-bond donors (Lipinski definition) is 0. The number of methoxy groups -OCH3 is 2. The molecule has 0 heterocycles. The smallest absolute Gasteiger partial charge is 0.343 e. The highest BCUT2D eigenvalue weighted by molar-refractivity contribution is 6.06. The van der Waals surface area contributed by atoms with E-state index in [1.165, 1.54) is 13.2 Å². The number of hydrogen-bond acceptors (Lipinski definition) is 5. The molecule has 0 saturated carbocycles.